The van der Waals surface area contributed by atoms with Crippen LogP contribution in [0.4, 0.5) is 0 Å². The number of rotatable bonds is 1. The molecule has 4 rings (SSSR count). The molecular formula is C19H14N2. The number of hydrogen-bond donors (Lipinski definition) is 0. The third-order valence-corrected chi connectivity index (χ3v) is 3.96. The van der Waals surface area contributed by atoms with Gasteiger partial charge in [-0.1, -0.05) is 48.5 Å². The Bertz CT molecular complexity index is 952. The summed E-state index contributed by atoms with van der Waals surface area (Å²) >= 11 is 0. The highest BCUT2D eigenvalue weighted by molar-refractivity contribution is 6.05. The molecule has 0 aliphatic rings. The number of fused-ring (bicyclic) bond motifs is 2. The van der Waals surface area contributed by atoms with Crippen molar-refractivity contribution in [3.05, 3.63) is 72.7 Å². The van der Waals surface area contributed by atoms with Crippen molar-refractivity contribution < 1.29 is 0 Å². The van der Waals surface area contributed by atoms with Crippen LogP contribution in [0.15, 0.2) is 67.1 Å². The third-order valence-electron chi connectivity index (χ3n) is 3.96. The van der Waals surface area contributed by atoms with Crippen molar-refractivity contribution in [1.82, 2.24) is 9.97 Å². The maximum atomic E-state index is 4.37. The smallest absolute Gasteiger partial charge is 0.116 e. The van der Waals surface area contributed by atoms with Crippen LogP contribution in [0.5, 0.6) is 0 Å². The normalized spacial score (nSPS) is 11.1. The van der Waals surface area contributed by atoms with Crippen molar-refractivity contribution in [2.75, 3.05) is 0 Å². The molecule has 0 amide bonds. The van der Waals surface area contributed by atoms with Crippen molar-refractivity contribution in [3.63, 3.8) is 0 Å². The van der Waals surface area contributed by atoms with E-state index < -0.39 is 0 Å². The van der Waals surface area contributed by atoms with E-state index >= 15 is 0 Å². The Morgan fingerprint density at radius 3 is 2.67 bits per heavy atom. The minimum atomic E-state index is 0.981. The lowest BCUT2D eigenvalue weighted by Gasteiger charge is -2.12. The highest BCUT2D eigenvalue weighted by Gasteiger charge is 2.10. The first-order valence-corrected chi connectivity index (χ1v) is 7.02. The van der Waals surface area contributed by atoms with E-state index in [-0.39, 0.29) is 0 Å². The molecule has 4 aromatic rings. The summed E-state index contributed by atoms with van der Waals surface area (Å²) in [6, 6.07) is 19.1. The summed E-state index contributed by atoms with van der Waals surface area (Å²) in [7, 11) is 0. The van der Waals surface area contributed by atoms with Crippen LogP contribution in [0, 0.1) is 6.92 Å². The molecule has 0 atom stereocenters. The van der Waals surface area contributed by atoms with Crippen molar-refractivity contribution in [3.8, 4) is 11.1 Å². The van der Waals surface area contributed by atoms with Gasteiger partial charge in [-0.2, -0.15) is 0 Å². The van der Waals surface area contributed by atoms with E-state index in [1.54, 1.807) is 6.33 Å². The lowest BCUT2D eigenvalue weighted by Crippen LogP contribution is -1.89. The van der Waals surface area contributed by atoms with Gasteiger partial charge in [-0.05, 0) is 40.5 Å². The van der Waals surface area contributed by atoms with Gasteiger partial charge in [0.2, 0.25) is 0 Å². The SMILES string of the molecule is Cc1ccc2ccccc2c1-c1cccc2ncncc12. The number of nitrogens with zero attached hydrogens (tertiary/aromatic N) is 2. The van der Waals surface area contributed by atoms with Gasteiger partial charge in [0.15, 0.2) is 0 Å². The molecule has 0 aliphatic heterocycles. The first-order chi connectivity index (χ1) is 10.3. The monoisotopic (exact) mass is 270 g/mol. The number of aryl methyl sites for hydroxylation is 1. The van der Waals surface area contributed by atoms with Gasteiger partial charge in [-0.25, -0.2) is 9.97 Å². The molecule has 100 valence electrons. The van der Waals surface area contributed by atoms with Crippen LogP contribution in [-0.4, -0.2) is 9.97 Å². The van der Waals surface area contributed by atoms with E-state index in [0.717, 1.165) is 10.9 Å². The topological polar surface area (TPSA) is 25.8 Å². The van der Waals surface area contributed by atoms with Gasteiger partial charge in [-0.3, -0.25) is 0 Å². The number of benzene rings is 3. The molecule has 2 heteroatoms. The number of hydrogen-bond acceptors (Lipinski definition) is 2. The van der Waals surface area contributed by atoms with Crippen molar-refractivity contribution >= 4 is 21.7 Å². The Labute approximate surface area is 123 Å². The van der Waals surface area contributed by atoms with Gasteiger partial charge in [0, 0.05) is 11.6 Å². The molecule has 21 heavy (non-hydrogen) atoms. The standard InChI is InChI=1S/C19H14N2/c1-13-9-10-14-5-2-3-6-15(14)19(13)16-7-4-8-18-17(16)11-20-12-21-18/h2-12H,1H3. The molecule has 0 fully saturated rings. The van der Waals surface area contributed by atoms with E-state index in [0.29, 0.717) is 0 Å². The molecule has 2 nitrogen and oxygen atoms in total. The van der Waals surface area contributed by atoms with Gasteiger partial charge in [-0.15, -0.1) is 0 Å². The molecule has 0 saturated carbocycles. The average Bonchev–Trinajstić information content (AvgIpc) is 2.54. The maximum absolute atomic E-state index is 4.37. The first kappa shape index (κ1) is 12.0. The summed E-state index contributed by atoms with van der Waals surface area (Å²) < 4.78 is 0. The maximum Gasteiger partial charge on any atom is 0.116 e. The van der Waals surface area contributed by atoms with Gasteiger partial charge >= 0.3 is 0 Å². The Morgan fingerprint density at radius 2 is 1.71 bits per heavy atom. The molecule has 0 saturated heterocycles. The molecule has 0 aliphatic carbocycles. The van der Waals surface area contributed by atoms with Gasteiger partial charge in [0.05, 0.1) is 5.52 Å². The van der Waals surface area contributed by atoms with Crippen LogP contribution in [0.2, 0.25) is 0 Å². The highest BCUT2D eigenvalue weighted by Crippen LogP contribution is 2.35. The van der Waals surface area contributed by atoms with Gasteiger partial charge in [0.25, 0.3) is 0 Å². The Morgan fingerprint density at radius 1 is 0.810 bits per heavy atom. The minimum absolute atomic E-state index is 0.981. The number of aromatic nitrogens is 2. The van der Waals surface area contributed by atoms with Crippen molar-refractivity contribution in [1.29, 1.82) is 0 Å². The molecule has 0 N–H and O–H groups in total. The second-order valence-electron chi connectivity index (χ2n) is 5.24. The molecule has 1 aromatic heterocycles. The largest absolute Gasteiger partial charge is 0.244 e. The fraction of sp³-hybridized carbons (Fsp3) is 0.0526. The van der Waals surface area contributed by atoms with E-state index in [1.807, 2.05) is 12.3 Å². The van der Waals surface area contributed by atoms with Crippen LogP contribution >= 0.6 is 0 Å². The first-order valence-electron chi connectivity index (χ1n) is 7.02. The molecular weight excluding hydrogens is 256 g/mol. The fourth-order valence-corrected chi connectivity index (χ4v) is 2.96. The van der Waals surface area contributed by atoms with Crippen LogP contribution in [-0.2, 0) is 0 Å². The molecule has 0 unspecified atom stereocenters. The van der Waals surface area contributed by atoms with E-state index in [9.17, 15) is 0 Å². The Hall–Kier alpha value is -2.74. The van der Waals surface area contributed by atoms with Crippen molar-refractivity contribution in [2.24, 2.45) is 0 Å². The minimum Gasteiger partial charge on any atom is -0.244 e. The second kappa shape index (κ2) is 4.67. The van der Waals surface area contributed by atoms with Crippen LogP contribution in [0.1, 0.15) is 5.56 Å². The zero-order valence-electron chi connectivity index (χ0n) is 11.7. The molecule has 0 spiro atoms. The van der Waals surface area contributed by atoms with Gasteiger partial charge in [0.1, 0.15) is 6.33 Å². The summed E-state index contributed by atoms with van der Waals surface area (Å²) in [6.07, 6.45) is 3.50. The second-order valence-corrected chi connectivity index (χ2v) is 5.24. The Balaban J connectivity index is 2.16. The van der Waals surface area contributed by atoms with Gasteiger partial charge < -0.3 is 0 Å². The summed E-state index contributed by atoms with van der Waals surface area (Å²) in [5.74, 6) is 0. The van der Waals surface area contributed by atoms with Crippen molar-refractivity contribution in [2.45, 2.75) is 6.92 Å². The highest BCUT2D eigenvalue weighted by atomic mass is 14.8. The predicted octanol–water partition coefficient (Wildman–Crippen LogP) is 4.76. The quantitative estimate of drug-likeness (QED) is 0.498. The lowest BCUT2D eigenvalue weighted by molar-refractivity contribution is 1.22. The average molecular weight is 270 g/mol. The Kier molecular flexibility index (Phi) is 2.68. The zero-order valence-corrected chi connectivity index (χ0v) is 11.7. The predicted molar refractivity (Wildman–Crippen MR) is 87.2 cm³/mol. The molecule has 1 heterocycles. The van der Waals surface area contributed by atoms with Crippen LogP contribution in [0.3, 0.4) is 0 Å². The van der Waals surface area contributed by atoms with E-state index in [2.05, 4.69) is 65.4 Å². The summed E-state index contributed by atoms with van der Waals surface area (Å²) in [5.41, 5.74) is 4.72. The molecule has 0 bridgehead atoms. The van der Waals surface area contributed by atoms with Crippen LogP contribution < -0.4 is 0 Å². The molecule has 0 radical (unpaired) electrons. The third kappa shape index (κ3) is 1.88. The summed E-state index contributed by atoms with van der Waals surface area (Å²) in [5, 5.41) is 3.63. The fourth-order valence-electron chi connectivity index (χ4n) is 2.96. The van der Waals surface area contributed by atoms with E-state index in [1.165, 1.54) is 27.5 Å². The van der Waals surface area contributed by atoms with E-state index in [4.69, 9.17) is 0 Å². The summed E-state index contributed by atoms with van der Waals surface area (Å²) in [4.78, 5) is 8.56. The zero-order chi connectivity index (χ0) is 14.2. The van der Waals surface area contributed by atoms with Crippen LogP contribution in [0.25, 0.3) is 32.8 Å². The lowest BCUT2D eigenvalue weighted by atomic mass is 9.92. The molecule has 3 aromatic carbocycles. The summed E-state index contributed by atoms with van der Waals surface area (Å²) in [6.45, 7) is 2.16.